The average Bonchev–Trinajstić information content (AvgIpc) is 3.19. The third-order valence-electron chi connectivity index (χ3n) is 6.12. The summed E-state index contributed by atoms with van der Waals surface area (Å²) in [5, 5.41) is 7.17. The molecule has 10 heteroatoms. The fourth-order valence-corrected chi connectivity index (χ4v) is 7.26. The molecular formula is C26H29N3O4S3. The lowest BCUT2D eigenvalue weighted by molar-refractivity contribution is 0.0601. The summed E-state index contributed by atoms with van der Waals surface area (Å²) < 4.78 is 33.7. The van der Waals surface area contributed by atoms with Gasteiger partial charge in [0.2, 0.25) is 0 Å². The Morgan fingerprint density at radius 1 is 1.00 bits per heavy atom. The number of rotatable bonds is 6. The molecule has 0 spiro atoms. The fraction of sp³-hybridized carbons (Fsp3) is 0.308. The molecule has 3 aromatic rings. The minimum Gasteiger partial charge on any atom is -0.465 e. The number of carbonyl (C=O) groups is 1. The van der Waals surface area contributed by atoms with E-state index in [0.29, 0.717) is 27.1 Å². The average molecular weight is 544 g/mol. The summed E-state index contributed by atoms with van der Waals surface area (Å²) in [6.45, 7) is 5.75. The van der Waals surface area contributed by atoms with Gasteiger partial charge in [-0.15, -0.1) is 11.3 Å². The van der Waals surface area contributed by atoms with E-state index in [1.165, 1.54) is 35.5 Å². The quantitative estimate of drug-likeness (QED) is 0.261. The number of thiophene rings is 1. The van der Waals surface area contributed by atoms with E-state index in [4.69, 9.17) is 17.0 Å². The highest BCUT2D eigenvalue weighted by Gasteiger charge is 2.26. The number of hydrogen-bond acceptors (Lipinski definition) is 6. The first-order valence-corrected chi connectivity index (χ1v) is 14.3. The maximum absolute atomic E-state index is 13.0. The summed E-state index contributed by atoms with van der Waals surface area (Å²) >= 11 is 7.00. The van der Waals surface area contributed by atoms with E-state index >= 15 is 0 Å². The van der Waals surface area contributed by atoms with Crippen molar-refractivity contribution in [3.05, 3.63) is 69.1 Å². The first kappa shape index (κ1) is 26.1. The van der Waals surface area contributed by atoms with Crippen molar-refractivity contribution >= 4 is 61.0 Å². The molecule has 1 aliphatic carbocycles. The van der Waals surface area contributed by atoms with Crippen molar-refractivity contribution in [2.45, 2.75) is 51.3 Å². The summed E-state index contributed by atoms with van der Waals surface area (Å²) in [4.78, 5) is 13.8. The lowest BCUT2D eigenvalue weighted by Gasteiger charge is -2.15. The number of benzene rings is 2. The summed E-state index contributed by atoms with van der Waals surface area (Å²) in [5.74, 6) is -0.374. The van der Waals surface area contributed by atoms with E-state index in [0.717, 1.165) is 47.9 Å². The van der Waals surface area contributed by atoms with Gasteiger partial charge in [-0.05, 0) is 99.6 Å². The highest BCUT2D eigenvalue weighted by atomic mass is 32.2. The van der Waals surface area contributed by atoms with Crippen molar-refractivity contribution in [1.29, 1.82) is 0 Å². The largest absolute Gasteiger partial charge is 0.465 e. The number of carbonyl (C=O) groups excluding carboxylic acids is 1. The Morgan fingerprint density at radius 3 is 2.28 bits per heavy atom. The smallest absolute Gasteiger partial charge is 0.341 e. The van der Waals surface area contributed by atoms with Gasteiger partial charge in [0.25, 0.3) is 10.0 Å². The zero-order valence-electron chi connectivity index (χ0n) is 20.7. The second kappa shape index (κ2) is 10.6. The number of methoxy groups -OCH3 is 1. The van der Waals surface area contributed by atoms with Crippen LogP contribution in [0.2, 0.25) is 0 Å². The Hall–Kier alpha value is -2.95. The van der Waals surface area contributed by atoms with Crippen LogP contribution in [0.5, 0.6) is 0 Å². The zero-order valence-corrected chi connectivity index (χ0v) is 23.1. The molecule has 1 aromatic heterocycles. The first-order chi connectivity index (χ1) is 17.1. The number of ether oxygens (including phenoxy) is 1. The van der Waals surface area contributed by atoms with Crippen molar-refractivity contribution in [3.8, 4) is 0 Å². The molecule has 2 aromatic carbocycles. The zero-order chi connectivity index (χ0) is 26.0. The third kappa shape index (κ3) is 5.55. The molecule has 0 saturated heterocycles. The standard InChI is InChI=1S/C26H29N3O4S3/c1-15-13-16(2)23(17(3)14-15)29-36(31,32)19-11-9-18(10-12-19)27-26(34)28-24-22(25(30)33-4)20-7-5-6-8-21(20)35-24/h9-14,29H,5-8H2,1-4H3,(H2,27,28,34). The second-order valence-corrected chi connectivity index (χ2v) is 12.1. The normalized spacial score (nSPS) is 13.0. The molecule has 190 valence electrons. The van der Waals surface area contributed by atoms with Crippen molar-refractivity contribution in [3.63, 3.8) is 0 Å². The molecule has 36 heavy (non-hydrogen) atoms. The van der Waals surface area contributed by atoms with E-state index in [1.807, 2.05) is 32.9 Å². The monoisotopic (exact) mass is 543 g/mol. The Balaban J connectivity index is 1.47. The van der Waals surface area contributed by atoms with Gasteiger partial charge in [0.1, 0.15) is 5.00 Å². The molecule has 0 atom stereocenters. The number of anilines is 3. The summed E-state index contributed by atoms with van der Waals surface area (Å²) in [6, 6.07) is 10.2. The number of sulfonamides is 1. The SMILES string of the molecule is COC(=O)c1c(NC(=S)Nc2ccc(S(=O)(=O)Nc3c(C)cc(C)cc3C)cc2)sc2c1CCCC2. The van der Waals surface area contributed by atoms with Gasteiger partial charge in [-0.25, -0.2) is 13.2 Å². The van der Waals surface area contributed by atoms with Gasteiger partial charge < -0.3 is 15.4 Å². The molecule has 3 N–H and O–H groups in total. The first-order valence-electron chi connectivity index (χ1n) is 11.6. The summed E-state index contributed by atoms with van der Waals surface area (Å²) in [5.41, 5.74) is 5.62. The molecule has 0 radical (unpaired) electrons. The molecule has 0 amide bonds. The molecule has 0 fully saturated rings. The Kier molecular flexibility index (Phi) is 7.67. The van der Waals surface area contributed by atoms with Crippen LogP contribution in [0.25, 0.3) is 0 Å². The van der Waals surface area contributed by atoms with Crippen LogP contribution >= 0.6 is 23.6 Å². The van der Waals surface area contributed by atoms with Crippen LogP contribution < -0.4 is 15.4 Å². The van der Waals surface area contributed by atoms with E-state index in [1.54, 1.807) is 12.1 Å². The molecule has 1 heterocycles. The fourth-order valence-electron chi connectivity index (χ4n) is 4.49. The molecule has 0 bridgehead atoms. The van der Waals surface area contributed by atoms with Gasteiger partial charge in [-0.1, -0.05) is 17.7 Å². The minimum atomic E-state index is -3.76. The highest BCUT2D eigenvalue weighted by Crippen LogP contribution is 2.38. The second-order valence-electron chi connectivity index (χ2n) is 8.89. The molecule has 7 nitrogen and oxygen atoms in total. The van der Waals surface area contributed by atoms with Gasteiger partial charge in [0.05, 0.1) is 23.3 Å². The number of esters is 1. The number of nitrogens with one attached hydrogen (secondary N) is 3. The lowest BCUT2D eigenvalue weighted by Crippen LogP contribution is -2.20. The molecule has 1 aliphatic rings. The molecule has 0 aliphatic heterocycles. The van der Waals surface area contributed by atoms with E-state index in [2.05, 4.69) is 15.4 Å². The number of hydrogen-bond donors (Lipinski definition) is 3. The van der Waals surface area contributed by atoms with Gasteiger partial charge in [-0.2, -0.15) is 0 Å². The number of fused-ring (bicyclic) bond motifs is 1. The lowest BCUT2D eigenvalue weighted by atomic mass is 9.95. The Bertz CT molecular complexity index is 1400. The predicted molar refractivity (Wildman–Crippen MR) is 150 cm³/mol. The highest BCUT2D eigenvalue weighted by molar-refractivity contribution is 7.92. The van der Waals surface area contributed by atoms with Gasteiger partial charge >= 0.3 is 5.97 Å². The maximum atomic E-state index is 13.0. The number of aryl methyl sites for hydroxylation is 4. The van der Waals surface area contributed by atoms with Crippen LogP contribution in [0.3, 0.4) is 0 Å². The van der Waals surface area contributed by atoms with Crippen LogP contribution in [0.15, 0.2) is 41.3 Å². The van der Waals surface area contributed by atoms with Crippen molar-refractivity contribution in [2.75, 3.05) is 22.5 Å². The molecule has 4 rings (SSSR count). The van der Waals surface area contributed by atoms with E-state index < -0.39 is 10.0 Å². The van der Waals surface area contributed by atoms with E-state index in [9.17, 15) is 13.2 Å². The predicted octanol–water partition coefficient (Wildman–Crippen LogP) is 5.95. The summed E-state index contributed by atoms with van der Waals surface area (Å²) in [6.07, 6.45) is 3.94. The molecule has 0 unspecified atom stereocenters. The Morgan fingerprint density at radius 2 is 1.64 bits per heavy atom. The number of thiocarbonyl (C=S) groups is 1. The summed E-state index contributed by atoms with van der Waals surface area (Å²) in [7, 11) is -2.38. The third-order valence-corrected chi connectivity index (χ3v) is 8.90. The van der Waals surface area contributed by atoms with Crippen LogP contribution in [-0.4, -0.2) is 26.6 Å². The van der Waals surface area contributed by atoms with Crippen LogP contribution in [0.4, 0.5) is 16.4 Å². The van der Waals surface area contributed by atoms with Crippen LogP contribution in [0, 0.1) is 20.8 Å². The van der Waals surface area contributed by atoms with E-state index in [-0.39, 0.29) is 10.9 Å². The maximum Gasteiger partial charge on any atom is 0.341 e. The van der Waals surface area contributed by atoms with Crippen LogP contribution in [0.1, 0.15) is 50.3 Å². The van der Waals surface area contributed by atoms with Crippen molar-refractivity contribution in [1.82, 2.24) is 0 Å². The van der Waals surface area contributed by atoms with Gasteiger partial charge in [-0.3, -0.25) is 4.72 Å². The van der Waals surface area contributed by atoms with Crippen LogP contribution in [-0.2, 0) is 27.6 Å². The van der Waals surface area contributed by atoms with Gasteiger partial charge in [0, 0.05) is 10.6 Å². The minimum absolute atomic E-state index is 0.144. The van der Waals surface area contributed by atoms with Gasteiger partial charge in [0.15, 0.2) is 5.11 Å². The topological polar surface area (TPSA) is 96.5 Å². The Labute approximate surface area is 221 Å². The van der Waals surface area contributed by atoms with Crippen molar-refractivity contribution < 1.29 is 17.9 Å². The van der Waals surface area contributed by atoms with Crippen molar-refractivity contribution in [2.24, 2.45) is 0 Å². The molecular weight excluding hydrogens is 515 g/mol. The molecule has 0 saturated carbocycles.